The molecule has 4 heteroatoms. The minimum absolute atomic E-state index is 0.0231. The van der Waals surface area contributed by atoms with E-state index in [0.717, 1.165) is 22.0 Å². The fourth-order valence-corrected chi connectivity index (χ4v) is 2.84. The Bertz CT molecular complexity index is 1020. The number of ketones is 1. The molecule has 0 aliphatic rings. The zero-order valence-corrected chi connectivity index (χ0v) is 16.3. The van der Waals surface area contributed by atoms with E-state index in [4.69, 9.17) is 4.74 Å². The molecule has 142 valence electrons. The van der Waals surface area contributed by atoms with Crippen LogP contribution in [-0.2, 0) is 14.9 Å². The lowest BCUT2D eigenvalue weighted by Crippen LogP contribution is -2.14. The molecule has 1 heterocycles. The third kappa shape index (κ3) is 4.71. The highest BCUT2D eigenvalue weighted by Crippen LogP contribution is 2.22. The van der Waals surface area contributed by atoms with E-state index in [-0.39, 0.29) is 17.8 Å². The van der Waals surface area contributed by atoms with Crippen LogP contribution in [0.2, 0.25) is 0 Å². The number of fused-ring (bicyclic) bond motifs is 1. The van der Waals surface area contributed by atoms with E-state index in [9.17, 15) is 9.59 Å². The van der Waals surface area contributed by atoms with Gasteiger partial charge in [0.1, 0.15) is 0 Å². The standard InChI is InChI=1S/C24H23NO3/c1-24(2,3)20-12-9-17(10-13-20)21(26)16-28-22(27)14-11-19-7-4-6-18-8-5-15-25-23(18)19/h4-15H,16H2,1-3H3/b14-11+. The number of carbonyl (C=O) groups is 2. The van der Waals surface area contributed by atoms with Crippen LogP contribution in [0, 0.1) is 0 Å². The van der Waals surface area contributed by atoms with E-state index >= 15 is 0 Å². The van der Waals surface area contributed by atoms with Gasteiger partial charge in [0.05, 0.1) is 5.52 Å². The van der Waals surface area contributed by atoms with Crippen LogP contribution in [-0.4, -0.2) is 23.3 Å². The van der Waals surface area contributed by atoms with Crippen molar-refractivity contribution >= 4 is 28.7 Å². The molecular formula is C24H23NO3. The summed E-state index contributed by atoms with van der Waals surface area (Å²) in [6.07, 6.45) is 4.68. The predicted octanol–water partition coefficient (Wildman–Crippen LogP) is 4.97. The molecule has 3 aromatic rings. The number of pyridine rings is 1. The number of rotatable bonds is 5. The molecule has 0 fully saturated rings. The Labute approximate surface area is 164 Å². The Balaban J connectivity index is 1.60. The van der Waals surface area contributed by atoms with Gasteiger partial charge in [0.15, 0.2) is 12.4 Å². The Morgan fingerprint density at radius 1 is 1.00 bits per heavy atom. The van der Waals surface area contributed by atoms with Crippen LogP contribution in [0.15, 0.2) is 66.9 Å². The smallest absolute Gasteiger partial charge is 0.331 e. The summed E-state index contributed by atoms with van der Waals surface area (Å²) in [4.78, 5) is 28.6. The molecule has 4 nitrogen and oxygen atoms in total. The van der Waals surface area contributed by atoms with Crippen LogP contribution in [0.5, 0.6) is 0 Å². The summed E-state index contributed by atoms with van der Waals surface area (Å²) in [6, 6.07) is 17.0. The minimum atomic E-state index is -0.562. The number of para-hydroxylation sites is 1. The number of nitrogens with zero attached hydrogens (tertiary/aromatic N) is 1. The minimum Gasteiger partial charge on any atom is -0.454 e. The molecule has 0 atom stereocenters. The lowest BCUT2D eigenvalue weighted by molar-refractivity contribution is -0.136. The van der Waals surface area contributed by atoms with Crippen LogP contribution in [0.25, 0.3) is 17.0 Å². The number of Topliss-reactive ketones (excluding diaryl/α,β-unsaturated/α-hetero) is 1. The zero-order valence-electron chi connectivity index (χ0n) is 16.3. The van der Waals surface area contributed by atoms with Gasteiger partial charge in [-0.3, -0.25) is 9.78 Å². The van der Waals surface area contributed by atoms with E-state index in [1.165, 1.54) is 6.08 Å². The average molecular weight is 373 g/mol. The second kappa shape index (κ2) is 8.17. The molecule has 0 aliphatic carbocycles. The number of aromatic nitrogens is 1. The monoisotopic (exact) mass is 373 g/mol. The van der Waals surface area contributed by atoms with E-state index in [1.807, 2.05) is 42.5 Å². The predicted molar refractivity (Wildman–Crippen MR) is 111 cm³/mol. The fraction of sp³-hybridized carbons (Fsp3) is 0.208. The van der Waals surface area contributed by atoms with Gasteiger partial charge in [0, 0.05) is 28.8 Å². The quantitative estimate of drug-likeness (QED) is 0.360. The highest BCUT2D eigenvalue weighted by Gasteiger charge is 2.15. The lowest BCUT2D eigenvalue weighted by Gasteiger charge is -2.18. The molecule has 0 spiro atoms. The Kier molecular flexibility index (Phi) is 5.69. The first-order valence-corrected chi connectivity index (χ1v) is 9.17. The van der Waals surface area contributed by atoms with Gasteiger partial charge < -0.3 is 4.74 Å². The number of benzene rings is 2. The van der Waals surface area contributed by atoms with E-state index < -0.39 is 5.97 Å². The number of ether oxygens (including phenoxy) is 1. The van der Waals surface area contributed by atoms with Crippen molar-refractivity contribution in [3.8, 4) is 0 Å². The fourth-order valence-electron chi connectivity index (χ4n) is 2.84. The molecule has 0 aliphatic heterocycles. The second-order valence-electron chi connectivity index (χ2n) is 7.61. The van der Waals surface area contributed by atoms with Crippen molar-refractivity contribution in [2.24, 2.45) is 0 Å². The SMILES string of the molecule is CC(C)(C)c1ccc(C(=O)COC(=O)/C=C/c2cccc3cccnc23)cc1. The Morgan fingerprint density at radius 2 is 1.71 bits per heavy atom. The maximum atomic E-state index is 12.2. The largest absolute Gasteiger partial charge is 0.454 e. The number of carbonyl (C=O) groups excluding carboxylic acids is 2. The van der Waals surface area contributed by atoms with Crippen molar-refractivity contribution in [3.63, 3.8) is 0 Å². The normalized spacial score (nSPS) is 11.7. The summed E-state index contributed by atoms with van der Waals surface area (Å²) in [7, 11) is 0. The average Bonchev–Trinajstić information content (AvgIpc) is 2.69. The van der Waals surface area contributed by atoms with Gasteiger partial charge >= 0.3 is 5.97 Å². The Hall–Kier alpha value is -3.27. The second-order valence-corrected chi connectivity index (χ2v) is 7.61. The molecule has 1 aromatic heterocycles. The van der Waals surface area contributed by atoms with Crippen molar-refractivity contribution < 1.29 is 14.3 Å². The van der Waals surface area contributed by atoms with Gasteiger partial charge in [-0.05, 0) is 23.1 Å². The van der Waals surface area contributed by atoms with Gasteiger partial charge in [-0.25, -0.2) is 4.79 Å². The molecule has 0 N–H and O–H groups in total. The molecule has 0 unspecified atom stereocenters. The topological polar surface area (TPSA) is 56.3 Å². The first kappa shape index (κ1) is 19.5. The summed E-state index contributed by atoms with van der Waals surface area (Å²) in [5, 5.41) is 0.992. The molecule has 0 saturated heterocycles. The summed E-state index contributed by atoms with van der Waals surface area (Å²) in [6.45, 7) is 6.06. The van der Waals surface area contributed by atoms with Gasteiger partial charge in [0.2, 0.25) is 0 Å². The van der Waals surface area contributed by atoms with Gasteiger partial charge in [-0.2, -0.15) is 0 Å². The maximum Gasteiger partial charge on any atom is 0.331 e. The van der Waals surface area contributed by atoms with E-state index in [1.54, 1.807) is 24.4 Å². The molecule has 28 heavy (non-hydrogen) atoms. The van der Waals surface area contributed by atoms with Crippen molar-refractivity contribution in [3.05, 3.63) is 83.6 Å². The molecule has 0 radical (unpaired) electrons. The molecule has 0 bridgehead atoms. The molecular weight excluding hydrogens is 350 g/mol. The zero-order chi connectivity index (χ0) is 20.1. The van der Waals surface area contributed by atoms with Crippen LogP contribution in [0.4, 0.5) is 0 Å². The van der Waals surface area contributed by atoms with Crippen LogP contribution in [0.1, 0.15) is 42.3 Å². The first-order chi connectivity index (χ1) is 13.3. The van der Waals surface area contributed by atoms with Gasteiger partial charge in [-0.15, -0.1) is 0 Å². The summed E-state index contributed by atoms with van der Waals surface area (Å²) < 4.78 is 5.09. The van der Waals surface area contributed by atoms with Crippen molar-refractivity contribution in [1.82, 2.24) is 4.98 Å². The number of esters is 1. The summed E-state index contributed by atoms with van der Waals surface area (Å²) in [5.41, 5.74) is 3.33. The van der Waals surface area contributed by atoms with Crippen molar-refractivity contribution in [1.29, 1.82) is 0 Å². The molecule has 3 rings (SSSR count). The van der Waals surface area contributed by atoms with E-state index in [2.05, 4.69) is 25.8 Å². The number of hydrogen-bond acceptors (Lipinski definition) is 4. The highest BCUT2D eigenvalue weighted by atomic mass is 16.5. The van der Waals surface area contributed by atoms with Crippen LogP contribution < -0.4 is 0 Å². The number of hydrogen-bond donors (Lipinski definition) is 0. The van der Waals surface area contributed by atoms with Crippen molar-refractivity contribution in [2.45, 2.75) is 26.2 Å². The summed E-state index contributed by atoms with van der Waals surface area (Å²) in [5.74, 6) is -0.790. The van der Waals surface area contributed by atoms with Gasteiger partial charge in [0.25, 0.3) is 0 Å². The van der Waals surface area contributed by atoms with Crippen molar-refractivity contribution in [2.75, 3.05) is 6.61 Å². The van der Waals surface area contributed by atoms with Crippen LogP contribution in [0.3, 0.4) is 0 Å². The van der Waals surface area contributed by atoms with Crippen LogP contribution >= 0.6 is 0 Å². The van der Waals surface area contributed by atoms with E-state index in [0.29, 0.717) is 5.56 Å². The molecule has 2 aromatic carbocycles. The molecule has 0 amide bonds. The third-order valence-electron chi connectivity index (χ3n) is 4.48. The first-order valence-electron chi connectivity index (χ1n) is 9.17. The summed E-state index contributed by atoms with van der Waals surface area (Å²) >= 11 is 0. The maximum absolute atomic E-state index is 12.2. The van der Waals surface area contributed by atoms with Gasteiger partial charge in [-0.1, -0.05) is 69.3 Å². The molecule has 0 saturated carbocycles. The Morgan fingerprint density at radius 3 is 2.43 bits per heavy atom. The highest BCUT2D eigenvalue weighted by molar-refractivity contribution is 5.99. The third-order valence-corrected chi connectivity index (χ3v) is 4.48. The lowest BCUT2D eigenvalue weighted by atomic mass is 9.86.